The zero-order chi connectivity index (χ0) is 10.7. The van der Waals surface area contributed by atoms with Gasteiger partial charge in [-0.15, -0.1) is 0 Å². The van der Waals surface area contributed by atoms with Crippen molar-refractivity contribution < 1.29 is 9.21 Å². The molecule has 15 heavy (non-hydrogen) atoms. The second-order valence-electron chi connectivity index (χ2n) is 3.71. The maximum Gasteiger partial charge on any atom is 0.324 e. The number of piperazine rings is 1. The van der Waals surface area contributed by atoms with E-state index in [2.05, 4.69) is 17.6 Å². The lowest BCUT2D eigenvalue weighted by atomic mass is 10.2. The summed E-state index contributed by atoms with van der Waals surface area (Å²) in [6.45, 7) is 4.36. The van der Waals surface area contributed by atoms with Crippen LogP contribution in [0.2, 0.25) is 0 Å². The van der Waals surface area contributed by atoms with Gasteiger partial charge in [0.1, 0.15) is 0 Å². The maximum atomic E-state index is 11.7. The van der Waals surface area contributed by atoms with Gasteiger partial charge in [0.2, 0.25) is 5.88 Å². The Kier molecular flexibility index (Phi) is 2.91. The van der Waals surface area contributed by atoms with E-state index in [9.17, 15) is 4.79 Å². The van der Waals surface area contributed by atoms with Crippen LogP contribution >= 0.6 is 0 Å². The molecule has 2 rings (SSSR count). The summed E-state index contributed by atoms with van der Waals surface area (Å²) >= 11 is 0. The van der Waals surface area contributed by atoms with Crippen LogP contribution in [-0.2, 0) is 0 Å². The van der Waals surface area contributed by atoms with Crippen molar-refractivity contribution in [3.05, 3.63) is 18.4 Å². The van der Waals surface area contributed by atoms with Crippen molar-refractivity contribution in [3.8, 4) is 0 Å². The summed E-state index contributed by atoms with van der Waals surface area (Å²) in [6, 6.07) is 3.72. The highest BCUT2D eigenvalue weighted by atomic mass is 16.3. The molecule has 0 aliphatic carbocycles. The Balaban J connectivity index is 1.90. The van der Waals surface area contributed by atoms with E-state index in [4.69, 9.17) is 4.42 Å². The molecule has 2 amide bonds. The Labute approximate surface area is 88.4 Å². The van der Waals surface area contributed by atoms with Gasteiger partial charge in [0, 0.05) is 31.7 Å². The van der Waals surface area contributed by atoms with E-state index < -0.39 is 0 Å². The van der Waals surface area contributed by atoms with Crippen LogP contribution in [-0.4, -0.2) is 36.6 Å². The molecule has 0 aromatic carbocycles. The highest BCUT2D eigenvalue weighted by Gasteiger charge is 2.20. The van der Waals surface area contributed by atoms with E-state index in [1.54, 1.807) is 17.0 Å². The largest absolute Gasteiger partial charge is 0.449 e. The number of carbonyl (C=O) groups excluding carboxylic acids is 1. The van der Waals surface area contributed by atoms with Crippen LogP contribution < -0.4 is 10.6 Å². The summed E-state index contributed by atoms with van der Waals surface area (Å²) in [4.78, 5) is 13.5. The number of hydrogen-bond donors (Lipinski definition) is 2. The first-order chi connectivity index (χ1) is 7.25. The summed E-state index contributed by atoms with van der Waals surface area (Å²) in [6.07, 6.45) is 1.54. The fraction of sp³-hybridized carbons (Fsp3) is 0.500. The van der Waals surface area contributed by atoms with Crippen molar-refractivity contribution in [1.82, 2.24) is 10.2 Å². The lowest BCUT2D eigenvalue weighted by molar-refractivity contribution is 0.192. The van der Waals surface area contributed by atoms with Gasteiger partial charge in [-0.05, 0) is 13.0 Å². The molecule has 2 heterocycles. The molecule has 1 fully saturated rings. The number of nitrogens with one attached hydrogen (secondary N) is 2. The standard InChI is InChI=1S/C10H15N3O2/c1-8-7-13(5-4-11-8)10(14)12-9-3-2-6-15-9/h2-3,6,8,11H,4-5,7H2,1H3,(H,12,14). The first kappa shape index (κ1) is 10.0. The Hall–Kier alpha value is -1.49. The van der Waals surface area contributed by atoms with Gasteiger partial charge in [0.25, 0.3) is 0 Å². The van der Waals surface area contributed by atoms with Crippen molar-refractivity contribution in [3.63, 3.8) is 0 Å². The molecule has 5 heteroatoms. The number of anilines is 1. The van der Waals surface area contributed by atoms with E-state index in [1.807, 2.05) is 0 Å². The van der Waals surface area contributed by atoms with Crippen molar-refractivity contribution in [2.75, 3.05) is 25.0 Å². The molecule has 0 radical (unpaired) electrons. The van der Waals surface area contributed by atoms with Crippen LogP contribution in [0.3, 0.4) is 0 Å². The number of nitrogens with zero attached hydrogens (tertiary/aromatic N) is 1. The molecule has 82 valence electrons. The predicted molar refractivity (Wildman–Crippen MR) is 56.8 cm³/mol. The van der Waals surface area contributed by atoms with Gasteiger partial charge in [-0.2, -0.15) is 0 Å². The van der Waals surface area contributed by atoms with Crippen LogP contribution in [0.15, 0.2) is 22.8 Å². The third-order valence-electron chi connectivity index (χ3n) is 2.41. The second-order valence-corrected chi connectivity index (χ2v) is 3.71. The van der Waals surface area contributed by atoms with Crippen LogP contribution in [0.4, 0.5) is 10.7 Å². The van der Waals surface area contributed by atoms with Crippen LogP contribution in [0.1, 0.15) is 6.92 Å². The van der Waals surface area contributed by atoms with Gasteiger partial charge in [0.05, 0.1) is 6.26 Å². The molecule has 1 aliphatic rings. The fourth-order valence-electron chi connectivity index (χ4n) is 1.65. The average Bonchev–Trinajstić information content (AvgIpc) is 2.70. The molecule has 1 aromatic heterocycles. The third-order valence-corrected chi connectivity index (χ3v) is 2.41. The highest BCUT2D eigenvalue weighted by molar-refractivity contribution is 5.87. The first-order valence-corrected chi connectivity index (χ1v) is 5.08. The molecule has 1 unspecified atom stereocenters. The Bertz CT molecular complexity index is 323. The van der Waals surface area contributed by atoms with Crippen molar-refractivity contribution in [1.29, 1.82) is 0 Å². The Morgan fingerprint density at radius 1 is 1.73 bits per heavy atom. The van der Waals surface area contributed by atoms with Gasteiger partial charge < -0.3 is 14.6 Å². The first-order valence-electron chi connectivity index (χ1n) is 5.08. The van der Waals surface area contributed by atoms with Gasteiger partial charge in [-0.25, -0.2) is 4.79 Å². The molecule has 1 aromatic rings. The van der Waals surface area contributed by atoms with E-state index in [1.165, 1.54) is 6.26 Å². The zero-order valence-corrected chi connectivity index (χ0v) is 8.69. The number of hydrogen-bond acceptors (Lipinski definition) is 3. The lowest BCUT2D eigenvalue weighted by Crippen LogP contribution is -2.52. The molecule has 1 atom stereocenters. The molecular formula is C10H15N3O2. The topological polar surface area (TPSA) is 57.5 Å². The minimum Gasteiger partial charge on any atom is -0.449 e. The summed E-state index contributed by atoms with van der Waals surface area (Å²) in [5.74, 6) is 0.492. The molecule has 1 aliphatic heterocycles. The lowest BCUT2D eigenvalue weighted by Gasteiger charge is -2.31. The maximum absolute atomic E-state index is 11.7. The molecule has 0 saturated carbocycles. The van der Waals surface area contributed by atoms with Gasteiger partial charge in [-0.1, -0.05) is 0 Å². The monoisotopic (exact) mass is 209 g/mol. The SMILES string of the molecule is CC1CN(C(=O)Nc2ccco2)CCN1. The highest BCUT2D eigenvalue weighted by Crippen LogP contribution is 2.08. The number of urea groups is 1. The molecule has 0 bridgehead atoms. The van der Waals surface area contributed by atoms with Crippen LogP contribution in [0.25, 0.3) is 0 Å². The molecule has 1 saturated heterocycles. The van der Waals surface area contributed by atoms with E-state index >= 15 is 0 Å². The minimum atomic E-state index is -0.0988. The molecular weight excluding hydrogens is 194 g/mol. The van der Waals surface area contributed by atoms with E-state index in [0.717, 1.165) is 19.6 Å². The summed E-state index contributed by atoms with van der Waals surface area (Å²) < 4.78 is 5.05. The predicted octanol–water partition coefficient (Wildman–Crippen LogP) is 1.11. The van der Waals surface area contributed by atoms with Crippen LogP contribution in [0.5, 0.6) is 0 Å². The van der Waals surface area contributed by atoms with Gasteiger partial charge >= 0.3 is 6.03 Å². The fourth-order valence-corrected chi connectivity index (χ4v) is 1.65. The van der Waals surface area contributed by atoms with E-state index in [-0.39, 0.29) is 6.03 Å². The number of carbonyl (C=O) groups is 1. The Morgan fingerprint density at radius 2 is 2.60 bits per heavy atom. The molecule has 5 nitrogen and oxygen atoms in total. The smallest absolute Gasteiger partial charge is 0.324 e. The summed E-state index contributed by atoms with van der Waals surface area (Å²) in [5, 5.41) is 5.99. The molecule has 2 N–H and O–H groups in total. The molecule has 0 spiro atoms. The van der Waals surface area contributed by atoms with Crippen molar-refractivity contribution in [2.24, 2.45) is 0 Å². The third kappa shape index (κ3) is 2.50. The zero-order valence-electron chi connectivity index (χ0n) is 8.69. The number of furan rings is 1. The van der Waals surface area contributed by atoms with E-state index in [0.29, 0.717) is 11.9 Å². The second kappa shape index (κ2) is 4.35. The number of rotatable bonds is 1. The van der Waals surface area contributed by atoms with Crippen molar-refractivity contribution in [2.45, 2.75) is 13.0 Å². The summed E-state index contributed by atoms with van der Waals surface area (Å²) in [5.41, 5.74) is 0. The average molecular weight is 209 g/mol. The Morgan fingerprint density at radius 3 is 3.27 bits per heavy atom. The normalized spacial score (nSPS) is 21.4. The van der Waals surface area contributed by atoms with Crippen molar-refractivity contribution >= 4 is 11.9 Å². The summed E-state index contributed by atoms with van der Waals surface area (Å²) in [7, 11) is 0. The van der Waals surface area contributed by atoms with Gasteiger partial charge in [-0.3, -0.25) is 5.32 Å². The van der Waals surface area contributed by atoms with Crippen LogP contribution in [0, 0.1) is 0 Å². The quantitative estimate of drug-likeness (QED) is 0.728. The van der Waals surface area contributed by atoms with Gasteiger partial charge in [0.15, 0.2) is 0 Å². The minimum absolute atomic E-state index is 0.0988. The number of amides is 2.